The lowest BCUT2D eigenvalue weighted by molar-refractivity contribution is 0.0983. The summed E-state index contributed by atoms with van der Waals surface area (Å²) in [4.78, 5) is 13.0. The molecule has 0 spiro atoms. The minimum Gasteiger partial charge on any atom is -0.293 e. The topological polar surface area (TPSA) is 17.1 Å². The summed E-state index contributed by atoms with van der Waals surface area (Å²) in [7, 11) is 0. The Hall–Kier alpha value is -0.670. The van der Waals surface area contributed by atoms with Crippen molar-refractivity contribution in [3.63, 3.8) is 0 Å². The molecule has 0 saturated heterocycles. The van der Waals surface area contributed by atoms with Crippen molar-refractivity contribution >= 4 is 38.5 Å². The van der Waals surface area contributed by atoms with Gasteiger partial charge in [-0.2, -0.15) is 11.3 Å². The van der Waals surface area contributed by atoms with Crippen LogP contribution in [0, 0.1) is 0 Å². The molecule has 0 radical (unpaired) electrons. The molecule has 0 aliphatic carbocycles. The maximum absolute atomic E-state index is 12.1. The standard InChI is InChI=1S/C16H22OS2/c1-2-3-4-5-6-7-8-9-14(17)15-10-13-11-18-12-16(13)19-15/h10-12H,2-9H2,1H3. The van der Waals surface area contributed by atoms with Crippen LogP contribution < -0.4 is 0 Å². The summed E-state index contributed by atoms with van der Waals surface area (Å²) in [5, 5.41) is 5.49. The van der Waals surface area contributed by atoms with Crippen LogP contribution in [0.4, 0.5) is 0 Å². The average molecular weight is 294 g/mol. The molecule has 0 aliphatic heterocycles. The van der Waals surface area contributed by atoms with Gasteiger partial charge in [0, 0.05) is 21.9 Å². The van der Waals surface area contributed by atoms with E-state index >= 15 is 0 Å². The molecule has 0 aliphatic rings. The molecule has 19 heavy (non-hydrogen) atoms. The van der Waals surface area contributed by atoms with Crippen LogP contribution in [0.15, 0.2) is 16.8 Å². The summed E-state index contributed by atoms with van der Waals surface area (Å²) in [5.41, 5.74) is 0. The predicted molar refractivity (Wildman–Crippen MR) is 86.6 cm³/mol. The van der Waals surface area contributed by atoms with Crippen molar-refractivity contribution < 1.29 is 4.79 Å². The molecule has 0 bridgehead atoms. The first kappa shape index (κ1) is 14.7. The Morgan fingerprint density at radius 2 is 1.79 bits per heavy atom. The van der Waals surface area contributed by atoms with Gasteiger partial charge in [0.1, 0.15) is 0 Å². The molecule has 0 fully saturated rings. The number of ketones is 1. The van der Waals surface area contributed by atoms with Crippen LogP contribution in [0.5, 0.6) is 0 Å². The first-order chi connectivity index (χ1) is 9.31. The van der Waals surface area contributed by atoms with Crippen LogP contribution in [0.3, 0.4) is 0 Å². The molecule has 0 aromatic carbocycles. The van der Waals surface area contributed by atoms with Gasteiger partial charge in [-0.05, 0) is 17.9 Å². The summed E-state index contributed by atoms with van der Waals surface area (Å²) in [5.74, 6) is 0.333. The lowest BCUT2D eigenvalue weighted by Gasteiger charge is -2.00. The third kappa shape index (κ3) is 4.43. The van der Waals surface area contributed by atoms with Crippen LogP contribution in [0.1, 0.15) is 68.0 Å². The normalized spacial score (nSPS) is 11.2. The van der Waals surface area contributed by atoms with Crippen LogP contribution in [0.25, 0.3) is 10.1 Å². The van der Waals surface area contributed by atoms with E-state index < -0.39 is 0 Å². The molecule has 2 aromatic rings. The molecule has 1 nitrogen and oxygen atoms in total. The van der Waals surface area contributed by atoms with Gasteiger partial charge in [-0.3, -0.25) is 4.79 Å². The Morgan fingerprint density at radius 1 is 1.05 bits per heavy atom. The van der Waals surface area contributed by atoms with Gasteiger partial charge < -0.3 is 0 Å². The van der Waals surface area contributed by atoms with Gasteiger partial charge in [-0.15, -0.1) is 11.3 Å². The van der Waals surface area contributed by atoms with Gasteiger partial charge in [0.15, 0.2) is 5.78 Å². The lowest BCUT2D eigenvalue weighted by Crippen LogP contribution is -1.95. The van der Waals surface area contributed by atoms with E-state index in [0.717, 1.165) is 17.7 Å². The van der Waals surface area contributed by atoms with E-state index in [4.69, 9.17) is 0 Å². The van der Waals surface area contributed by atoms with Gasteiger partial charge in [0.05, 0.1) is 4.88 Å². The summed E-state index contributed by atoms with van der Waals surface area (Å²) in [6.07, 6.45) is 9.59. The van der Waals surface area contributed by atoms with Crippen LogP contribution in [-0.2, 0) is 0 Å². The number of hydrogen-bond acceptors (Lipinski definition) is 3. The number of thiophene rings is 2. The molecular formula is C16H22OS2. The Kier molecular flexibility index (Phi) is 6.05. The number of carbonyl (C=O) groups excluding carboxylic acids is 1. The molecule has 0 N–H and O–H groups in total. The van der Waals surface area contributed by atoms with E-state index in [1.165, 1.54) is 48.6 Å². The van der Waals surface area contributed by atoms with Crippen LogP contribution in [0.2, 0.25) is 0 Å². The van der Waals surface area contributed by atoms with Crippen molar-refractivity contribution in [3.8, 4) is 0 Å². The van der Waals surface area contributed by atoms with Crippen molar-refractivity contribution in [1.29, 1.82) is 0 Å². The fourth-order valence-electron chi connectivity index (χ4n) is 2.28. The lowest BCUT2D eigenvalue weighted by atomic mass is 10.1. The summed E-state index contributed by atoms with van der Waals surface area (Å²) in [6.45, 7) is 2.24. The molecule has 0 atom stereocenters. The average Bonchev–Trinajstić information content (AvgIpc) is 2.98. The highest BCUT2D eigenvalue weighted by molar-refractivity contribution is 7.24. The smallest absolute Gasteiger partial charge is 0.172 e. The van der Waals surface area contributed by atoms with Crippen molar-refractivity contribution in [2.75, 3.05) is 0 Å². The van der Waals surface area contributed by atoms with E-state index in [1.807, 2.05) is 0 Å². The predicted octanol–water partition coefficient (Wildman–Crippen LogP) is 6.29. The maximum Gasteiger partial charge on any atom is 0.172 e. The van der Waals surface area contributed by atoms with Crippen molar-refractivity contribution in [2.45, 2.75) is 58.3 Å². The van der Waals surface area contributed by atoms with Gasteiger partial charge in [-0.25, -0.2) is 0 Å². The highest BCUT2D eigenvalue weighted by atomic mass is 32.1. The largest absolute Gasteiger partial charge is 0.293 e. The zero-order valence-electron chi connectivity index (χ0n) is 11.6. The number of fused-ring (bicyclic) bond motifs is 1. The Balaban J connectivity index is 1.66. The van der Waals surface area contributed by atoms with Crippen LogP contribution >= 0.6 is 22.7 Å². The third-order valence-corrected chi connectivity index (χ3v) is 5.49. The first-order valence-electron chi connectivity index (χ1n) is 7.30. The molecule has 0 saturated carbocycles. The summed E-state index contributed by atoms with van der Waals surface area (Å²) < 4.78 is 1.26. The Labute approximate surface area is 123 Å². The Bertz CT molecular complexity index is 481. The minimum atomic E-state index is 0.333. The number of unbranched alkanes of at least 4 members (excludes halogenated alkanes) is 6. The third-order valence-electron chi connectivity index (χ3n) is 3.44. The van der Waals surface area contributed by atoms with Gasteiger partial charge in [0.25, 0.3) is 0 Å². The zero-order chi connectivity index (χ0) is 13.5. The second kappa shape index (κ2) is 7.81. The van der Waals surface area contributed by atoms with Crippen molar-refractivity contribution in [2.24, 2.45) is 0 Å². The minimum absolute atomic E-state index is 0.333. The SMILES string of the molecule is CCCCCCCCCC(=O)c1cc2cscc2s1. The van der Waals surface area contributed by atoms with E-state index in [2.05, 4.69) is 23.8 Å². The van der Waals surface area contributed by atoms with Gasteiger partial charge in [0.2, 0.25) is 0 Å². The number of Topliss-reactive ketones (excluding diaryl/α,β-unsaturated/α-hetero) is 1. The van der Waals surface area contributed by atoms with Crippen LogP contribution in [-0.4, -0.2) is 5.78 Å². The number of hydrogen-bond donors (Lipinski definition) is 0. The second-order valence-electron chi connectivity index (χ2n) is 5.10. The van der Waals surface area contributed by atoms with E-state index in [1.54, 1.807) is 22.7 Å². The van der Waals surface area contributed by atoms with E-state index in [0.29, 0.717) is 5.78 Å². The molecule has 2 rings (SSSR count). The molecule has 0 amide bonds. The molecule has 104 valence electrons. The highest BCUT2D eigenvalue weighted by Crippen LogP contribution is 2.29. The first-order valence-corrected chi connectivity index (χ1v) is 9.06. The molecule has 0 unspecified atom stereocenters. The number of carbonyl (C=O) groups is 1. The summed E-state index contributed by atoms with van der Waals surface area (Å²) in [6, 6.07) is 2.06. The van der Waals surface area contributed by atoms with E-state index in [9.17, 15) is 4.79 Å². The van der Waals surface area contributed by atoms with E-state index in [-0.39, 0.29) is 0 Å². The Morgan fingerprint density at radius 3 is 2.53 bits per heavy atom. The number of rotatable bonds is 9. The molecule has 3 heteroatoms. The van der Waals surface area contributed by atoms with Crippen molar-refractivity contribution in [3.05, 3.63) is 21.7 Å². The van der Waals surface area contributed by atoms with Gasteiger partial charge in [-0.1, -0.05) is 45.4 Å². The summed E-state index contributed by atoms with van der Waals surface area (Å²) >= 11 is 3.36. The second-order valence-corrected chi connectivity index (χ2v) is 6.92. The molecule has 2 aromatic heterocycles. The van der Waals surface area contributed by atoms with Gasteiger partial charge >= 0.3 is 0 Å². The molecule has 2 heterocycles. The molecular weight excluding hydrogens is 272 g/mol. The highest BCUT2D eigenvalue weighted by Gasteiger charge is 2.10. The monoisotopic (exact) mass is 294 g/mol. The zero-order valence-corrected chi connectivity index (χ0v) is 13.2. The quantitative estimate of drug-likeness (QED) is 0.392. The van der Waals surface area contributed by atoms with Crippen molar-refractivity contribution in [1.82, 2.24) is 0 Å². The maximum atomic E-state index is 12.1. The fourth-order valence-corrected chi connectivity index (χ4v) is 4.25. The fraction of sp³-hybridized carbons (Fsp3) is 0.562.